The van der Waals surface area contributed by atoms with E-state index in [-0.39, 0.29) is 6.61 Å². The number of nitrogens with one attached hydrogen (secondary N) is 1. The Balaban J connectivity index is 1.98. The predicted molar refractivity (Wildman–Crippen MR) is 95.7 cm³/mol. The maximum Gasteiger partial charge on any atom is 0.407 e. The molecule has 0 spiro atoms. The number of alkyl carbamates (subject to hydrolysis) is 1. The molecule has 0 saturated carbocycles. The van der Waals surface area contributed by atoms with Gasteiger partial charge in [-0.3, -0.25) is 0 Å². The van der Waals surface area contributed by atoms with E-state index in [9.17, 15) is 4.79 Å². The van der Waals surface area contributed by atoms with Crippen molar-refractivity contribution in [1.82, 2.24) is 5.32 Å². The normalized spacial score (nSPS) is 11.2. The highest BCUT2D eigenvalue weighted by Crippen LogP contribution is 2.21. The molecule has 0 aromatic heterocycles. The third-order valence-corrected chi connectivity index (χ3v) is 3.45. The lowest BCUT2D eigenvalue weighted by molar-refractivity contribution is 0.0523. The van der Waals surface area contributed by atoms with Gasteiger partial charge in [0.1, 0.15) is 5.60 Å². The van der Waals surface area contributed by atoms with E-state index in [0.29, 0.717) is 13.0 Å². The summed E-state index contributed by atoms with van der Waals surface area (Å²) in [5.74, 6) is 0. The third-order valence-electron chi connectivity index (χ3n) is 3.45. The van der Waals surface area contributed by atoms with Gasteiger partial charge in [0, 0.05) is 13.2 Å². The summed E-state index contributed by atoms with van der Waals surface area (Å²) < 4.78 is 5.22. The first-order valence-electron chi connectivity index (χ1n) is 8.13. The summed E-state index contributed by atoms with van der Waals surface area (Å²) in [7, 11) is 0. The number of benzene rings is 2. The molecule has 2 rings (SSSR count). The van der Waals surface area contributed by atoms with Crippen LogP contribution >= 0.6 is 0 Å². The van der Waals surface area contributed by atoms with E-state index in [1.807, 2.05) is 57.2 Å². The van der Waals surface area contributed by atoms with Crippen LogP contribution < -0.4 is 5.32 Å². The molecule has 0 fully saturated rings. The van der Waals surface area contributed by atoms with Crippen molar-refractivity contribution in [1.29, 1.82) is 0 Å². The Morgan fingerprint density at radius 3 is 2.38 bits per heavy atom. The molecular weight excluding hydrogens is 302 g/mol. The topological polar surface area (TPSA) is 58.6 Å². The fraction of sp³-hybridized carbons (Fsp3) is 0.350. The average Bonchev–Trinajstić information content (AvgIpc) is 2.52. The Hall–Kier alpha value is -2.33. The lowest BCUT2D eigenvalue weighted by atomic mass is 10.0. The number of hydrogen-bond donors (Lipinski definition) is 2. The molecule has 1 amide bonds. The molecule has 128 valence electrons. The van der Waals surface area contributed by atoms with Crippen molar-refractivity contribution < 1.29 is 14.6 Å². The molecule has 0 saturated heterocycles. The van der Waals surface area contributed by atoms with E-state index in [4.69, 9.17) is 9.84 Å². The van der Waals surface area contributed by atoms with Crippen LogP contribution in [0.4, 0.5) is 4.79 Å². The highest BCUT2D eigenvalue weighted by atomic mass is 16.6. The molecule has 2 aromatic rings. The summed E-state index contributed by atoms with van der Waals surface area (Å²) in [5.41, 5.74) is 3.86. The second-order valence-electron chi connectivity index (χ2n) is 6.73. The van der Waals surface area contributed by atoms with Gasteiger partial charge in [0.25, 0.3) is 0 Å². The minimum Gasteiger partial charge on any atom is -0.444 e. The molecule has 2 aromatic carbocycles. The molecule has 0 radical (unpaired) electrons. The lowest BCUT2D eigenvalue weighted by Crippen LogP contribution is -2.32. The number of hydrogen-bond acceptors (Lipinski definition) is 3. The molecule has 2 N–H and O–H groups in total. The van der Waals surface area contributed by atoms with Crippen LogP contribution in [0.5, 0.6) is 0 Å². The van der Waals surface area contributed by atoms with Crippen molar-refractivity contribution >= 4 is 6.09 Å². The van der Waals surface area contributed by atoms with E-state index in [0.717, 1.165) is 22.3 Å². The maximum atomic E-state index is 11.7. The van der Waals surface area contributed by atoms with E-state index >= 15 is 0 Å². The summed E-state index contributed by atoms with van der Waals surface area (Å²) in [5, 5.41) is 11.8. The standard InChI is InChI=1S/C20H25NO3/c1-20(2,3)24-19(23)21-14-16-7-9-17(10-8-16)18-6-4-5-15(13-18)11-12-22/h4-10,13,22H,11-12,14H2,1-3H3,(H,21,23). The first-order chi connectivity index (χ1) is 11.4. The second kappa shape index (κ2) is 7.97. The fourth-order valence-corrected chi connectivity index (χ4v) is 2.34. The Labute approximate surface area is 143 Å². The molecular formula is C20H25NO3. The zero-order valence-corrected chi connectivity index (χ0v) is 14.5. The third kappa shape index (κ3) is 5.70. The van der Waals surface area contributed by atoms with Crippen LogP contribution in [0.2, 0.25) is 0 Å². The number of rotatable bonds is 5. The number of aliphatic hydroxyl groups excluding tert-OH is 1. The molecule has 0 heterocycles. The van der Waals surface area contributed by atoms with E-state index in [2.05, 4.69) is 17.4 Å². The van der Waals surface area contributed by atoms with Gasteiger partial charge in [-0.25, -0.2) is 4.79 Å². The molecule has 0 aliphatic rings. The van der Waals surface area contributed by atoms with Crippen LogP contribution in [0.25, 0.3) is 11.1 Å². The lowest BCUT2D eigenvalue weighted by Gasteiger charge is -2.19. The van der Waals surface area contributed by atoms with Crippen molar-refractivity contribution in [3.8, 4) is 11.1 Å². The Morgan fingerprint density at radius 1 is 1.04 bits per heavy atom. The van der Waals surface area contributed by atoms with E-state index < -0.39 is 11.7 Å². The molecule has 0 atom stereocenters. The molecule has 0 unspecified atom stereocenters. The van der Waals surface area contributed by atoms with Crippen LogP contribution in [-0.2, 0) is 17.7 Å². The van der Waals surface area contributed by atoms with Gasteiger partial charge in [-0.1, -0.05) is 48.5 Å². The quantitative estimate of drug-likeness (QED) is 0.875. The summed E-state index contributed by atoms with van der Waals surface area (Å²) in [4.78, 5) is 11.7. The van der Waals surface area contributed by atoms with Gasteiger partial charge in [0.05, 0.1) is 0 Å². The molecule has 24 heavy (non-hydrogen) atoms. The molecule has 0 bridgehead atoms. The van der Waals surface area contributed by atoms with Crippen LogP contribution in [0, 0.1) is 0 Å². The minimum absolute atomic E-state index is 0.152. The van der Waals surface area contributed by atoms with E-state index in [1.54, 1.807) is 0 Å². The zero-order valence-electron chi connectivity index (χ0n) is 14.5. The highest BCUT2D eigenvalue weighted by Gasteiger charge is 2.15. The molecule has 4 heteroatoms. The SMILES string of the molecule is CC(C)(C)OC(=O)NCc1ccc(-c2cccc(CCO)c2)cc1. The maximum absolute atomic E-state index is 11.7. The highest BCUT2D eigenvalue weighted by molar-refractivity contribution is 5.68. The summed E-state index contributed by atoms with van der Waals surface area (Å²) >= 11 is 0. The van der Waals surface area contributed by atoms with Gasteiger partial charge in [-0.05, 0) is 49.4 Å². The van der Waals surface area contributed by atoms with Crippen molar-refractivity contribution in [2.45, 2.75) is 39.3 Å². The smallest absolute Gasteiger partial charge is 0.407 e. The molecule has 0 aliphatic heterocycles. The van der Waals surface area contributed by atoms with Gasteiger partial charge in [-0.15, -0.1) is 0 Å². The fourth-order valence-electron chi connectivity index (χ4n) is 2.34. The summed E-state index contributed by atoms with van der Waals surface area (Å²) in [6.45, 7) is 6.10. The summed E-state index contributed by atoms with van der Waals surface area (Å²) in [6.07, 6.45) is 0.245. The number of ether oxygens (including phenoxy) is 1. The van der Waals surface area contributed by atoms with Crippen molar-refractivity contribution in [3.63, 3.8) is 0 Å². The zero-order chi connectivity index (χ0) is 17.6. The van der Waals surface area contributed by atoms with Gasteiger partial charge < -0.3 is 15.2 Å². The average molecular weight is 327 g/mol. The van der Waals surface area contributed by atoms with Crippen molar-refractivity contribution in [2.75, 3.05) is 6.61 Å². The van der Waals surface area contributed by atoms with Crippen LogP contribution in [0.1, 0.15) is 31.9 Å². The first kappa shape index (κ1) is 18.0. The van der Waals surface area contributed by atoms with Crippen LogP contribution in [0.15, 0.2) is 48.5 Å². The monoisotopic (exact) mass is 327 g/mol. The molecule has 0 aliphatic carbocycles. The van der Waals surface area contributed by atoms with Crippen molar-refractivity contribution in [3.05, 3.63) is 59.7 Å². The Kier molecular flexibility index (Phi) is 5.99. The number of aliphatic hydroxyl groups is 1. The van der Waals surface area contributed by atoms with Crippen molar-refractivity contribution in [2.24, 2.45) is 0 Å². The van der Waals surface area contributed by atoms with E-state index in [1.165, 1.54) is 0 Å². The van der Waals surface area contributed by atoms with Gasteiger partial charge in [0.2, 0.25) is 0 Å². The number of amides is 1. The number of carbonyl (C=O) groups is 1. The van der Waals surface area contributed by atoms with Gasteiger partial charge in [-0.2, -0.15) is 0 Å². The van der Waals surface area contributed by atoms with Crippen LogP contribution in [0.3, 0.4) is 0 Å². The predicted octanol–water partition coefficient (Wildman–Crippen LogP) is 3.91. The largest absolute Gasteiger partial charge is 0.444 e. The molecule has 4 nitrogen and oxygen atoms in total. The first-order valence-corrected chi connectivity index (χ1v) is 8.13. The van der Waals surface area contributed by atoms with Gasteiger partial charge >= 0.3 is 6.09 Å². The van der Waals surface area contributed by atoms with Crippen LogP contribution in [-0.4, -0.2) is 23.4 Å². The van der Waals surface area contributed by atoms with Gasteiger partial charge in [0.15, 0.2) is 0 Å². The summed E-state index contributed by atoms with van der Waals surface area (Å²) in [6, 6.07) is 16.2. The Bertz CT molecular complexity index is 672. The minimum atomic E-state index is -0.493. The number of carbonyl (C=O) groups excluding carboxylic acids is 1. The Morgan fingerprint density at radius 2 is 1.75 bits per heavy atom. The second-order valence-corrected chi connectivity index (χ2v) is 6.73.